The Bertz CT molecular complexity index is 840. The summed E-state index contributed by atoms with van der Waals surface area (Å²) in [5, 5.41) is 32.0. The number of nitrogens with one attached hydrogen (secondary N) is 2. The van der Waals surface area contributed by atoms with Crippen LogP contribution in [0.25, 0.3) is 11.2 Å². The molecular weight excluding hydrogens is 360 g/mol. The molecule has 2 aromatic heterocycles. The Morgan fingerprint density at radius 1 is 1.46 bits per heavy atom. The molecule has 2 unspecified atom stereocenters. The minimum absolute atomic E-state index is 0.0281. The zero-order chi connectivity index (χ0) is 19.1. The van der Waals surface area contributed by atoms with Crippen LogP contribution in [0.1, 0.15) is 13.2 Å². The number of hydrogen-bond donors (Lipinski definition) is 6. The maximum Gasteiger partial charge on any atom is 0.203 e. The second kappa shape index (κ2) is 9.58. The van der Waals surface area contributed by atoms with Crippen LogP contribution in [0.15, 0.2) is 6.33 Å². The van der Waals surface area contributed by atoms with E-state index >= 15 is 0 Å². The minimum atomic E-state index is -1.25. The van der Waals surface area contributed by atoms with E-state index < -0.39 is 18.4 Å². The second-order valence-corrected chi connectivity index (χ2v) is 5.75. The van der Waals surface area contributed by atoms with Crippen LogP contribution >= 0.6 is 12.2 Å². The van der Waals surface area contributed by atoms with Gasteiger partial charge in [-0.15, -0.1) is 0 Å². The van der Waals surface area contributed by atoms with Crippen molar-refractivity contribution in [1.29, 1.82) is 0 Å². The fraction of sp³-hybridized carbons (Fsp3) is 0.533. The average molecular weight is 382 g/mol. The van der Waals surface area contributed by atoms with Gasteiger partial charge in [-0.3, -0.25) is 4.57 Å². The van der Waals surface area contributed by atoms with Crippen molar-refractivity contribution in [3.8, 4) is 11.8 Å². The van der Waals surface area contributed by atoms with E-state index in [1.807, 2.05) is 0 Å². The summed E-state index contributed by atoms with van der Waals surface area (Å²) >= 11 is 5.25. The summed E-state index contributed by atoms with van der Waals surface area (Å²) in [6.45, 7) is 1.75. The molecule has 142 valence electrons. The number of aromatic nitrogens is 4. The first-order valence-corrected chi connectivity index (χ1v) is 8.35. The van der Waals surface area contributed by atoms with E-state index in [9.17, 15) is 10.2 Å². The maximum absolute atomic E-state index is 10.3. The molecule has 2 aromatic rings. The monoisotopic (exact) mass is 382 g/mol. The standard InChI is InChI=1S/C15H22N6O4S/c1-9(23)11(24)14(25-7-6-22)21-8-18-10-12(21)19-15(20-13(10)26)17-5-3-2-4-16/h8-9,11,14,22-24H,4-7,16H2,1H3,(H2,17,19,20,26)/t9-,11?,14?/m0/s1. The van der Waals surface area contributed by atoms with E-state index in [1.165, 1.54) is 17.8 Å². The van der Waals surface area contributed by atoms with Gasteiger partial charge in [-0.2, -0.15) is 0 Å². The highest BCUT2D eigenvalue weighted by atomic mass is 32.1. The third-order valence-corrected chi connectivity index (χ3v) is 3.74. The largest absolute Gasteiger partial charge is 0.394 e. The number of ether oxygens (including phenoxy) is 1. The topological polar surface area (TPSA) is 154 Å². The number of aromatic amines is 1. The van der Waals surface area contributed by atoms with Crippen LogP contribution in [-0.4, -0.2) is 73.3 Å². The smallest absolute Gasteiger partial charge is 0.203 e. The van der Waals surface area contributed by atoms with Gasteiger partial charge in [0, 0.05) is 0 Å². The molecule has 0 fully saturated rings. The molecule has 0 aliphatic heterocycles. The van der Waals surface area contributed by atoms with Crippen molar-refractivity contribution < 1.29 is 20.1 Å². The summed E-state index contributed by atoms with van der Waals surface area (Å²) in [6.07, 6.45) is -1.87. The molecule has 0 aliphatic carbocycles. The molecule has 0 saturated carbocycles. The van der Waals surface area contributed by atoms with Crippen molar-refractivity contribution in [3.05, 3.63) is 11.0 Å². The summed E-state index contributed by atoms with van der Waals surface area (Å²) in [6, 6.07) is 0. The second-order valence-electron chi connectivity index (χ2n) is 5.37. The van der Waals surface area contributed by atoms with E-state index in [1.54, 1.807) is 0 Å². The van der Waals surface area contributed by atoms with E-state index in [2.05, 4.69) is 32.1 Å². The molecule has 10 nitrogen and oxygen atoms in total. The number of aliphatic hydroxyl groups excluding tert-OH is 3. The van der Waals surface area contributed by atoms with Crippen LogP contribution in [0.4, 0.5) is 5.95 Å². The predicted octanol–water partition coefficient (Wildman–Crippen LogP) is -0.888. The molecular formula is C15H22N6O4S. The first-order valence-electron chi connectivity index (χ1n) is 7.94. The fourth-order valence-corrected chi connectivity index (χ4v) is 2.47. The highest BCUT2D eigenvalue weighted by Gasteiger charge is 2.28. The van der Waals surface area contributed by atoms with Gasteiger partial charge in [0.15, 0.2) is 10.9 Å². The lowest BCUT2D eigenvalue weighted by molar-refractivity contribution is -0.123. The zero-order valence-corrected chi connectivity index (χ0v) is 15.0. The normalized spacial score (nSPS) is 14.5. The third-order valence-electron chi connectivity index (χ3n) is 3.46. The molecule has 0 aliphatic rings. The molecule has 0 amide bonds. The molecule has 0 radical (unpaired) electrons. The summed E-state index contributed by atoms with van der Waals surface area (Å²) in [7, 11) is 0. The van der Waals surface area contributed by atoms with Crippen molar-refractivity contribution in [2.24, 2.45) is 5.73 Å². The number of aliphatic hydroxyl groups is 3. The Hall–Kier alpha value is -2.07. The van der Waals surface area contributed by atoms with Gasteiger partial charge in [0.2, 0.25) is 5.95 Å². The number of nitrogens with two attached hydrogens (primary N) is 1. The Kier molecular flexibility index (Phi) is 7.46. The summed E-state index contributed by atoms with van der Waals surface area (Å²) in [5.41, 5.74) is 6.17. The molecule has 26 heavy (non-hydrogen) atoms. The van der Waals surface area contributed by atoms with Gasteiger partial charge in [0.25, 0.3) is 0 Å². The molecule has 0 spiro atoms. The molecule has 2 rings (SSSR count). The van der Waals surface area contributed by atoms with Crippen LogP contribution < -0.4 is 11.1 Å². The van der Waals surface area contributed by atoms with Gasteiger partial charge in [-0.05, 0) is 6.92 Å². The van der Waals surface area contributed by atoms with Gasteiger partial charge in [-0.25, -0.2) is 9.97 Å². The number of fused-ring (bicyclic) bond motifs is 1. The summed E-state index contributed by atoms with van der Waals surface area (Å²) < 4.78 is 7.24. The number of H-pyrrole nitrogens is 1. The molecule has 0 bridgehead atoms. The SMILES string of the molecule is C[C@H](O)C(O)C(OCCO)n1cnc2c(=S)nc(NCC#CCN)[nH]c21. The lowest BCUT2D eigenvalue weighted by Gasteiger charge is -2.26. The van der Waals surface area contributed by atoms with E-state index in [0.717, 1.165) is 0 Å². The highest BCUT2D eigenvalue weighted by molar-refractivity contribution is 7.71. The van der Waals surface area contributed by atoms with E-state index in [0.29, 0.717) is 23.7 Å². The maximum atomic E-state index is 10.3. The lowest BCUT2D eigenvalue weighted by Crippen LogP contribution is -2.35. The Balaban J connectivity index is 2.41. The molecule has 2 heterocycles. The first kappa shape index (κ1) is 20.2. The highest BCUT2D eigenvalue weighted by Crippen LogP contribution is 2.23. The number of rotatable bonds is 8. The lowest BCUT2D eigenvalue weighted by atomic mass is 10.2. The van der Waals surface area contributed by atoms with Crippen molar-refractivity contribution in [2.75, 3.05) is 31.6 Å². The number of imidazole rings is 1. The Morgan fingerprint density at radius 3 is 2.88 bits per heavy atom. The number of hydrogen-bond acceptors (Lipinski definition) is 9. The molecule has 11 heteroatoms. The quantitative estimate of drug-likeness (QED) is 0.252. The van der Waals surface area contributed by atoms with E-state index in [4.69, 9.17) is 27.8 Å². The zero-order valence-electron chi connectivity index (χ0n) is 14.2. The van der Waals surface area contributed by atoms with Gasteiger partial charge in [0.05, 0.1) is 38.7 Å². The van der Waals surface area contributed by atoms with Crippen LogP contribution in [0.2, 0.25) is 0 Å². The van der Waals surface area contributed by atoms with E-state index in [-0.39, 0.29) is 24.4 Å². The van der Waals surface area contributed by atoms with Gasteiger partial charge >= 0.3 is 0 Å². The van der Waals surface area contributed by atoms with Crippen molar-refractivity contribution in [2.45, 2.75) is 25.4 Å². The average Bonchev–Trinajstić information content (AvgIpc) is 3.03. The molecule has 0 aromatic carbocycles. The van der Waals surface area contributed by atoms with Crippen LogP contribution in [-0.2, 0) is 4.74 Å². The minimum Gasteiger partial charge on any atom is -0.394 e. The Morgan fingerprint density at radius 2 is 2.23 bits per heavy atom. The van der Waals surface area contributed by atoms with Crippen LogP contribution in [0.5, 0.6) is 0 Å². The van der Waals surface area contributed by atoms with Crippen molar-refractivity contribution >= 4 is 29.3 Å². The van der Waals surface area contributed by atoms with Crippen molar-refractivity contribution in [1.82, 2.24) is 19.5 Å². The Labute approximate surface area is 155 Å². The number of nitrogens with zero attached hydrogens (tertiary/aromatic N) is 3. The van der Waals surface area contributed by atoms with Crippen LogP contribution in [0, 0.1) is 16.5 Å². The van der Waals surface area contributed by atoms with Crippen LogP contribution in [0.3, 0.4) is 0 Å². The third kappa shape index (κ3) is 4.76. The summed E-state index contributed by atoms with van der Waals surface area (Å²) in [5.74, 6) is 5.90. The molecule has 0 saturated heterocycles. The van der Waals surface area contributed by atoms with Gasteiger partial charge < -0.3 is 36.1 Å². The molecule has 7 N–H and O–H groups in total. The molecule has 3 atom stereocenters. The van der Waals surface area contributed by atoms with Gasteiger partial charge in [-0.1, -0.05) is 24.1 Å². The van der Waals surface area contributed by atoms with Crippen molar-refractivity contribution in [3.63, 3.8) is 0 Å². The fourth-order valence-electron chi connectivity index (χ4n) is 2.23. The predicted molar refractivity (Wildman–Crippen MR) is 97.8 cm³/mol. The summed E-state index contributed by atoms with van der Waals surface area (Å²) in [4.78, 5) is 11.4. The first-order chi connectivity index (χ1) is 12.5. The number of anilines is 1. The van der Waals surface area contributed by atoms with Gasteiger partial charge in [0.1, 0.15) is 17.3 Å².